The number of carbonyl (C=O) groups excluding carboxylic acids is 2. The first kappa shape index (κ1) is 18.6. The fourth-order valence-corrected chi connectivity index (χ4v) is 2.93. The van der Waals surface area contributed by atoms with Crippen molar-refractivity contribution in [2.45, 2.75) is 26.7 Å². The number of benzene rings is 2. The molecule has 0 bridgehead atoms. The molecule has 1 aromatic heterocycles. The van der Waals surface area contributed by atoms with Crippen molar-refractivity contribution in [1.29, 1.82) is 0 Å². The van der Waals surface area contributed by atoms with Gasteiger partial charge in [-0.05, 0) is 37.1 Å². The average Bonchev–Trinajstić information content (AvgIpc) is 2.65. The maximum atomic E-state index is 12.4. The maximum absolute atomic E-state index is 12.4. The van der Waals surface area contributed by atoms with Crippen molar-refractivity contribution in [2.75, 3.05) is 6.61 Å². The van der Waals surface area contributed by atoms with Crippen molar-refractivity contribution in [2.24, 2.45) is 0 Å². The van der Waals surface area contributed by atoms with E-state index in [0.29, 0.717) is 5.52 Å². The number of nitrogens with zero attached hydrogens (tertiary/aromatic N) is 1. The van der Waals surface area contributed by atoms with Gasteiger partial charge in [0.15, 0.2) is 5.78 Å². The Morgan fingerprint density at radius 1 is 1.04 bits per heavy atom. The fraction of sp³-hybridized carbons (Fsp3) is 0.227. The Balaban J connectivity index is 1.91. The number of aromatic hydroxyl groups is 1. The van der Waals surface area contributed by atoms with Gasteiger partial charge in [0, 0.05) is 11.8 Å². The third kappa shape index (κ3) is 4.31. The highest BCUT2D eigenvalue weighted by atomic mass is 16.5. The standard InChI is InChI=1S/C22H21NO4/c1-3-27-21(26)10-9-19(24)22-20(25)13-17-8-7-16(12-18(17)23-22)15-6-4-5-14(2)11-15/h4-8,11-13,25H,3,9-10H2,1-2H3. The van der Waals surface area contributed by atoms with Crippen LogP contribution in [0.4, 0.5) is 0 Å². The van der Waals surface area contributed by atoms with Crippen LogP contribution in [0.5, 0.6) is 5.75 Å². The summed E-state index contributed by atoms with van der Waals surface area (Å²) in [5.74, 6) is -1.00. The van der Waals surface area contributed by atoms with Crippen LogP contribution in [-0.2, 0) is 9.53 Å². The summed E-state index contributed by atoms with van der Waals surface area (Å²) in [5, 5.41) is 10.9. The molecule has 0 saturated carbocycles. The van der Waals surface area contributed by atoms with E-state index in [9.17, 15) is 14.7 Å². The summed E-state index contributed by atoms with van der Waals surface area (Å²) in [6.45, 7) is 4.01. The molecule has 0 spiro atoms. The molecule has 0 aliphatic heterocycles. The second-order valence-corrected chi connectivity index (χ2v) is 6.36. The number of fused-ring (bicyclic) bond motifs is 1. The van der Waals surface area contributed by atoms with Crippen LogP contribution in [0.2, 0.25) is 0 Å². The zero-order valence-electron chi connectivity index (χ0n) is 15.4. The number of Topliss-reactive ketones (excluding diaryl/α,β-unsaturated/α-hetero) is 1. The van der Waals surface area contributed by atoms with Crippen LogP contribution in [0.1, 0.15) is 35.8 Å². The SMILES string of the molecule is CCOC(=O)CCC(=O)c1nc2cc(-c3cccc(C)c3)ccc2cc1O. The van der Waals surface area contributed by atoms with Gasteiger partial charge in [0.1, 0.15) is 11.4 Å². The minimum Gasteiger partial charge on any atom is -0.506 e. The molecule has 138 valence electrons. The van der Waals surface area contributed by atoms with Crippen molar-refractivity contribution in [3.05, 3.63) is 59.8 Å². The predicted octanol–water partition coefficient (Wildman–Crippen LogP) is 4.44. The molecule has 3 aromatic rings. The molecule has 0 unspecified atom stereocenters. The number of hydrogen-bond acceptors (Lipinski definition) is 5. The lowest BCUT2D eigenvalue weighted by atomic mass is 10.0. The van der Waals surface area contributed by atoms with Gasteiger partial charge in [-0.2, -0.15) is 0 Å². The molecule has 0 aliphatic rings. The summed E-state index contributed by atoms with van der Waals surface area (Å²) in [6, 6.07) is 15.4. The molecule has 0 atom stereocenters. The van der Waals surface area contributed by atoms with Crippen molar-refractivity contribution in [3.8, 4) is 16.9 Å². The van der Waals surface area contributed by atoms with E-state index in [1.807, 2.05) is 43.3 Å². The molecule has 0 aliphatic carbocycles. The lowest BCUT2D eigenvalue weighted by Gasteiger charge is -2.08. The minimum atomic E-state index is -0.437. The summed E-state index contributed by atoms with van der Waals surface area (Å²) in [4.78, 5) is 28.2. The zero-order chi connectivity index (χ0) is 19.4. The summed E-state index contributed by atoms with van der Waals surface area (Å²) in [5.41, 5.74) is 3.79. The van der Waals surface area contributed by atoms with Crippen LogP contribution >= 0.6 is 0 Å². The Morgan fingerprint density at radius 3 is 2.56 bits per heavy atom. The number of aromatic nitrogens is 1. The van der Waals surface area contributed by atoms with Gasteiger partial charge in [-0.15, -0.1) is 0 Å². The molecule has 5 heteroatoms. The number of hydrogen-bond donors (Lipinski definition) is 1. The van der Waals surface area contributed by atoms with Gasteiger partial charge in [0.2, 0.25) is 0 Å². The molecule has 5 nitrogen and oxygen atoms in total. The zero-order valence-corrected chi connectivity index (χ0v) is 15.4. The van der Waals surface area contributed by atoms with Crippen LogP contribution in [-0.4, -0.2) is 28.4 Å². The van der Waals surface area contributed by atoms with E-state index in [-0.39, 0.29) is 36.7 Å². The topological polar surface area (TPSA) is 76.5 Å². The van der Waals surface area contributed by atoms with Crippen LogP contribution in [0, 0.1) is 6.92 Å². The summed E-state index contributed by atoms with van der Waals surface area (Å²) >= 11 is 0. The van der Waals surface area contributed by atoms with Gasteiger partial charge >= 0.3 is 5.97 Å². The van der Waals surface area contributed by atoms with Crippen LogP contribution in [0.3, 0.4) is 0 Å². The Labute approximate surface area is 157 Å². The number of aryl methyl sites for hydroxylation is 1. The van der Waals surface area contributed by atoms with Gasteiger partial charge in [-0.1, -0.05) is 42.0 Å². The smallest absolute Gasteiger partial charge is 0.306 e. The molecule has 1 heterocycles. The van der Waals surface area contributed by atoms with E-state index < -0.39 is 5.97 Å². The normalized spacial score (nSPS) is 10.7. The lowest BCUT2D eigenvalue weighted by molar-refractivity contribution is -0.143. The summed E-state index contributed by atoms with van der Waals surface area (Å²) in [7, 11) is 0. The molecule has 0 radical (unpaired) electrons. The molecule has 27 heavy (non-hydrogen) atoms. The lowest BCUT2D eigenvalue weighted by Crippen LogP contribution is -2.09. The van der Waals surface area contributed by atoms with Gasteiger partial charge in [0.25, 0.3) is 0 Å². The van der Waals surface area contributed by atoms with Crippen LogP contribution < -0.4 is 0 Å². The van der Waals surface area contributed by atoms with Gasteiger partial charge in [-0.3, -0.25) is 9.59 Å². The van der Waals surface area contributed by atoms with Crippen LogP contribution in [0.25, 0.3) is 22.0 Å². The summed E-state index contributed by atoms with van der Waals surface area (Å²) < 4.78 is 4.83. The number of rotatable bonds is 6. The predicted molar refractivity (Wildman–Crippen MR) is 104 cm³/mol. The summed E-state index contributed by atoms with van der Waals surface area (Å²) in [6.07, 6.45) is -0.0857. The third-order valence-corrected chi connectivity index (χ3v) is 4.27. The first-order chi connectivity index (χ1) is 13.0. The highest BCUT2D eigenvalue weighted by molar-refractivity contribution is 6.00. The first-order valence-electron chi connectivity index (χ1n) is 8.87. The van der Waals surface area contributed by atoms with Gasteiger partial charge in [0.05, 0.1) is 18.5 Å². The van der Waals surface area contributed by atoms with E-state index in [2.05, 4.69) is 11.1 Å². The number of carbonyl (C=O) groups is 2. The average molecular weight is 363 g/mol. The Bertz CT molecular complexity index is 1010. The first-order valence-corrected chi connectivity index (χ1v) is 8.87. The maximum Gasteiger partial charge on any atom is 0.306 e. The van der Waals surface area contributed by atoms with E-state index >= 15 is 0 Å². The highest BCUT2D eigenvalue weighted by Crippen LogP contribution is 2.28. The van der Waals surface area contributed by atoms with Crippen molar-refractivity contribution < 1.29 is 19.4 Å². The number of ether oxygens (including phenoxy) is 1. The Hall–Kier alpha value is -3.21. The van der Waals surface area contributed by atoms with E-state index in [1.165, 1.54) is 6.07 Å². The number of ketones is 1. The van der Waals surface area contributed by atoms with Crippen molar-refractivity contribution in [1.82, 2.24) is 4.98 Å². The quantitative estimate of drug-likeness (QED) is 0.517. The largest absolute Gasteiger partial charge is 0.506 e. The molecular weight excluding hydrogens is 342 g/mol. The molecule has 0 saturated heterocycles. The van der Waals surface area contributed by atoms with E-state index in [4.69, 9.17) is 4.74 Å². The molecule has 3 rings (SSSR count). The molecule has 1 N–H and O–H groups in total. The van der Waals surface area contributed by atoms with E-state index in [0.717, 1.165) is 22.1 Å². The second kappa shape index (κ2) is 7.99. The Morgan fingerprint density at radius 2 is 1.81 bits per heavy atom. The highest BCUT2D eigenvalue weighted by Gasteiger charge is 2.16. The second-order valence-electron chi connectivity index (χ2n) is 6.36. The van der Waals surface area contributed by atoms with Gasteiger partial charge in [-0.25, -0.2) is 4.98 Å². The number of esters is 1. The van der Waals surface area contributed by atoms with Crippen molar-refractivity contribution in [3.63, 3.8) is 0 Å². The molecule has 0 amide bonds. The Kier molecular flexibility index (Phi) is 5.50. The number of pyridine rings is 1. The minimum absolute atomic E-state index is 0.0202. The molecule has 2 aromatic carbocycles. The monoisotopic (exact) mass is 363 g/mol. The van der Waals surface area contributed by atoms with E-state index in [1.54, 1.807) is 6.92 Å². The van der Waals surface area contributed by atoms with Crippen molar-refractivity contribution >= 4 is 22.7 Å². The van der Waals surface area contributed by atoms with Crippen LogP contribution in [0.15, 0.2) is 48.5 Å². The molecule has 0 fully saturated rings. The fourth-order valence-electron chi connectivity index (χ4n) is 2.93. The third-order valence-electron chi connectivity index (χ3n) is 4.27. The molecular formula is C22H21NO4. The van der Waals surface area contributed by atoms with Gasteiger partial charge < -0.3 is 9.84 Å².